The second kappa shape index (κ2) is 8.03. The summed E-state index contributed by atoms with van der Waals surface area (Å²) in [6, 6.07) is 0. The molecular formula is C11H24O4S. The Bertz CT molecular complexity index is 261. The number of hydrogen-bond acceptors (Lipinski definition) is 3. The number of aliphatic hydroxyl groups is 1. The van der Waals surface area contributed by atoms with Crippen molar-refractivity contribution < 1.29 is 18.1 Å². The van der Waals surface area contributed by atoms with Gasteiger partial charge in [0.2, 0.25) is 0 Å². The summed E-state index contributed by atoms with van der Waals surface area (Å²) >= 11 is 0. The predicted molar refractivity (Wildman–Crippen MR) is 65.0 cm³/mol. The van der Waals surface area contributed by atoms with Crippen molar-refractivity contribution >= 4 is 10.1 Å². The quantitative estimate of drug-likeness (QED) is 0.488. The molecule has 0 aliphatic carbocycles. The van der Waals surface area contributed by atoms with E-state index in [-0.39, 0.29) is 0 Å². The molecule has 0 aromatic rings. The number of aliphatic hydroxyl groups excluding tert-OH is 1. The SMILES string of the molecule is CCCCCC(O)C(CCCC)S(=O)(=O)O. The van der Waals surface area contributed by atoms with E-state index in [0.717, 1.165) is 25.7 Å². The molecule has 2 N–H and O–H groups in total. The highest BCUT2D eigenvalue weighted by atomic mass is 32.2. The normalized spacial score (nSPS) is 16.0. The van der Waals surface area contributed by atoms with Crippen LogP contribution in [0.5, 0.6) is 0 Å². The molecule has 16 heavy (non-hydrogen) atoms. The van der Waals surface area contributed by atoms with E-state index in [4.69, 9.17) is 4.55 Å². The molecule has 2 atom stereocenters. The van der Waals surface area contributed by atoms with Gasteiger partial charge in [-0.05, 0) is 12.8 Å². The molecule has 4 nitrogen and oxygen atoms in total. The Kier molecular flexibility index (Phi) is 7.97. The third kappa shape index (κ3) is 6.45. The van der Waals surface area contributed by atoms with Crippen LogP contribution < -0.4 is 0 Å². The van der Waals surface area contributed by atoms with Crippen LogP contribution in [0.25, 0.3) is 0 Å². The average Bonchev–Trinajstić information content (AvgIpc) is 2.16. The largest absolute Gasteiger partial charge is 0.392 e. The van der Waals surface area contributed by atoms with Gasteiger partial charge in [0.15, 0.2) is 0 Å². The summed E-state index contributed by atoms with van der Waals surface area (Å²) in [5.41, 5.74) is 0. The summed E-state index contributed by atoms with van der Waals surface area (Å²) < 4.78 is 31.3. The molecule has 0 aromatic heterocycles. The summed E-state index contributed by atoms with van der Waals surface area (Å²) in [5, 5.41) is 8.75. The Balaban J connectivity index is 4.27. The van der Waals surface area contributed by atoms with Crippen LogP contribution in [-0.2, 0) is 10.1 Å². The minimum absolute atomic E-state index is 0.336. The van der Waals surface area contributed by atoms with Crippen LogP contribution >= 0.6 is 0 Å². The number of rotatable bonds is 9. The van der Waals surface area contributed by atoms with Gasteiger partial charge >= 0.3 is 0 Å². The van der Waals surface area contributed by atoms with Crippen LogP contribution in [-0.4, -0.2) is 29.4 Å². The van der Waals surface area contributed by atoms with E-state index in [1.807, 2.05) is 13.8 Å². The highest BCUT2D eigenvalue weighted by Gasteiger charge is 2.29. The van der Waals surface area contributed by atoms with Gasteiger partial charge in [-0.3, -0.25) is 4.55 Å². The Hall–Kier alpha value is -0.130. The molecule has 98 valence electrons. The van der Waals surface area contributed by atoms with Crippen molar-refractivity contribution in [2.45, 2.75) is 70.1 Å². The van der Waals surface area contributed by atoms with Gasteiger partial charge < -0.3 is 5.11 Å². The summed E-state index contributed by atoms with van der Waals surface area (Å²) in [6.45, 7) is 3.99. The van der Waals surface area contributed by atoms with Crippen LogP contribution in [0.1, 0.15) is 58.8 Å². The lowest BCUT2D eigenvalue weighted by Gasteiger charge is -2.19. The molecule has 0 aliphatic rings. The summed E-state index contributed by atoms with van der Waals surface area (Å²) in [4.78, 5) is 0. The molecule has 0 aromatic carbocycles. The Morgan fingerprint density at radius 3 is 2.00 bits per heavy atom. The van der Waals surface area contributed by atoms with Crippen molar-refractivity contribution in [3.63, 3.8) is 0 Å². The van der Waals surface area contributed by atoms with Gasteiger partial charge in [-0.1, -0.05) is 46.0 Å². The third-order valence-electron chi connectivity index (χ3n) is 2.76. The molecular weight excluding hydrogens is 228 g/mol. The minimum atomic E-state index is -4.12. The first kappa shape index (κ1) is 15.9. The van der Waals surface area contributed by atoms with Crippen LogP contribution in [0.2, 0.25) is 0 Å². The van der Waals surface area contributed by atoms with E-state index in [2.05, 4.69) is 0 Å². The van der Waals surface area contributed by atoms with Crippen LogP contribution in [0, 0.1) is 0 Å². The van der Waals surface area contributed by atoms with Gasteiger partial charge in [0.25, 0.3) is 10.1 Å². The molecule has 0 fully saturated rings. The second-order valence-electron chi connectivity index (χ2n) is 4.26. The molecule has 0 amide bonds. The Labute approximate surface area is 98.8 Å². The van der Waals surface area contributed by atoms with Gasteiger partial charge in [0.1, 0.15) is 5.25 Å². The van der Waals surface area contributed by atoms with Crippen molar-refractivity contribution in [1.29, 1.82) is 0 Å². The maximum absolute atomic E-state index is 11.1. The highest BCUT2D eigenvalue weighted by molar-refractivity contribution is 7.86. The first-order valence-corrected chi connectivity index (χ1v) is 7.58. The molecule has 0 rings (SSSR count). The van der Waals surface area contributed by atoms with E-state index < -0.39 is 21.5 Å². The van der Waals surface area contributed by atoms with Crippen molar-refractivity contribution in [3.8, 4) is 0 Å². The summed E-state index contributed by atoms with van der Waals surface area (Å²) in [5.74, 6) is 0. The first-order valence-electron chi connectivity index (χ1n) is 6.07. The molecule has 0 aliphatic heterocycles. The fraction of sp³-hybridized carbons (Fsp3) is 1.00. The number of hydrogen-bond donors (Lipinski definition) is 2. The molecule has 0 saturated heterocycles. The van der Waals surface area contributed by atoms with E-state index in [1.165, 1.54) is 0 Å². The zero-order chi connectivity index (χ0) is 12.6. The molecule has 0 bridgehead atoms. The van der Waals surface area contributed by atoms with Crippen LogP contribution in [0.4, 0.5) is 0 Å². The fourth-order valence-corrected chi connectivity index (χ4v) is 2.73. The van der Waals surface area contributed by atoms with E-state index in [0.29, 0.717) is 19.3 Å². The standard InChI is InChI=1S/C11H24O4S/c1-3-5-7-8-10(12)11(9-6-4-2)16(13,14)15/h10-12H,3-9H2,1-2H3,(H,13,14,15). The van der Waals surface area contributed by atoms with Crippen molar-refractivity contribution in [3.05, 3.63) is 0 Å². The summed E-state index contributed by atoms with van der Waals surface area (Å²) in [6.07, 6.45) is 4.21. The lowest BCUT2D eigenvalue weighted by Crippen LogP contribution is -2.33. The monoisotopic (exact) mass is 252 g/mol. The van der Waals surface area contributed by atoms with Crippen LogP contribution in [0.3, 0.4) is 0 Å². The van der Waals surface area contributed by atoms with E-state index in [1.54, 1.807) is 0 Å². The maximum atomic E-state index is 11.1. The Morgan fingerprint density at radius 1 is 1.00 bits per heavy atom. The van der Waals surface area contributed by atoms with Gasteiger partial charge in [0.05, 0.1) is 6.10 Å². The van der Waals surface area contributed by atoms with Gasteiger partial charge in [-0.2, -0.15) is 8.42 Å². The smallest absolute Gasteiger partial charge is 0.270 e. The molecule has 0 spiro atoms. The van der Waals surface area contributed by atoms with Crippen molar-refractivity contribution in [2.75, 3.05) is 0 Å². The van der Waals surface area contributed by atoms with E-state index >= 15 is 0 Å². The third-order valence-corrected chi connectivity index (χ3v) is 4.07. The van der Waals surface area contributed by atoms with E-state index in [9.17, 15) is 13.5 Å². The molecule has 0 saturated carbocycles. The molecule has 2 unspecified atom stereocenters. The first-order chi connectivity index (χ1) is 7.43. The predicted octanol–water partition coefficient (Wildman–Crippen LogP) is 2.37. The highest BCUT2D eigenvalue weighted by Crippen LogP contribution is 2.17. The topological polar surface area (TPSA) is 74.6 Å². The average molecular weight is 252 g/mol. The summed E-state index contributed by atoms with van der Waals surface area (Å²) in [7, 11) is -4.12. The lowest BCUT2D eigenvalue weighted by molar-refractivity contribution is 0.147. The van der Waals surface area contributed by atoms with Crippen LogP contribution in [0.15, 0.2) is 0 Å². The van der Waals surface area contributed by atoms with Crippen molar-refractivity contribution in [1.82, 2.24) is 0 Å². The van der Waals surface area contributed by atoms with Gasteiger partial charge in [-0.25, -0.2) is 0 Å². The molecule has 0 radical (unpaired) electrons. The van der Waals surface area contributed by atoms with Gasteiger partial charge in [0, 0.05) is 0 Å². The Morgan fingerprint density at radius 2 is 1.56 bits per heavy atom. The zero-order valence-electron chi connectivity index (χ0n) is 10.2. The number of unbranched alkanes of at least 4 members (excludes halogenated alkanes) is 3. The molecule has 0 heterocycles. The molecule has 5 heteroatoms. The lowest BCUT2D eigenvalue weighted by atomic mass is 10.0. The van der Waals surface area contributed by atoms with Crippen molar-refractivity contribution in [2.24, 2.45) is 0 Å². The fourth-order valence-electron chi connectivity index (χ4n) is 1.73. The maximum Gasteiger partial charge on any atom is 0.270 e. The zero-order valence-corrected chi connectivity index (χ0v) is 11.0. The second-order valence-corrected chi connectivity index (χ2v) is 5.89. The minimum Gasteiger partial charge on any atom is -0.392 e. The van der Waals surface area contributed by atoms with Gasteiger partial charge in [-0.15, -0.1) is 0 Å².